The number of halogens is 2. The quantitative estimate of drug-likeness (QED) is 0.165. The third-order valence-electron chi connectivity index (χ3n) is 8.84. The predicted octanol–water partition coefficient (Wildman–Crippen LogP) is 15.7. The lowest BCUT2D eigenvalue weighted by Crippen LogP contribution is -1.87. The molecule has 0 aliphatic heterocycles. The minimum absolute atomic E-state index is 0.694. The van der Waals surface area contributed by atoms with Gasteiger partial charge in [0.25, 0.3) is 0 Å². The standard InChI is InChI=1S/C10H12.C9H12O2.2C9H12.C8H10S.C7H6Cl2/c1-8-5-6-9-3-2-4-10(9)7-8;1-7-4-8(10-2)6-9(5-7)11-3;1-7-4-8(2)6-9(3)5-7;1-3-9-6-4-5-8(2)7-9;1-7-4-3-5-8(6-7)9-2;1-5-2-6(8)4-7(9)3-5/h5-7H,2-4H2,1H3;4-6H,1-3H3;4-6H,1-3H3;4-7H,3H2,1-2H3;3-6H,1-2H3;2-4H,1H3. The molecule has 6 aromatic carbocycles. The number of methoxy groups -OCH3 is 2. The van der Waals surface area contributed by atoms with E-state index in [0.717, 1.165) is 29.0 Å². The maximum atomic E-state index is 5.67. The molecule has 0 N–H and O–H groups in total. The second-order valence-corrected chi connectivity index (χ2v) is 16.2. The Kier molecular flexibility index (Phi) is 23.0. The Hall–Kier alpha value is -4.15. The molecule has 0 aromatic heterocycles. The van der Waals surface area contributed by atoms with Crippen LogP contribution in [0.15, 0.2) is 126 Å². The molecule has 0 spiro atoms. The van der Waals surface area contributed by atoms with E-state index >= 15 is 0 Å². The van der Waals surface area contributed by atoms with Crippen LogP contribution in [0.1, 0.15) is 74.5 Å². The molecule has 1 aliphatic carbocycles. The zero-order valence-corrected chi connectivity index (χ0v) is 38.7. The Morgan fingerprint density at radius 2 is 0.947 bits per heavy atom. The van der Waals surface area contributed by atoms with E-state index in [1.165, 1.54) is 63.1 Å². The van der Waals surface area contributed by atoms with Crippen molar-refractivity contribution in [2.24, 2.45) is 0 Å². The van der Waals surface area contributed by atoms with Gasteiger partial charge in [-0.2, -0.15) is 0 Å². The largest absolute Gasteiger partial charge is 0.497 e. The second kappa shape index (κ2) is 26.7. The molecule has 2 nitrogen and oxygen atoms in total. The van der Waals surface area contributed by atoms with Crippen molar-refractivity contribution in [2.45, 2.75) is 92.9 Å². The highest BCUT2D eigenvalue weighted by Gasteiger charge is 2.08. The van der Waals surface area contributed by atoms with Gasteiger partial charge in [-0.05, 0) is 158 Å². The first-order valence-corrected chi connectivity index (χ1v) is 21.5. The number of rotatable bonds is 4. The van der Waals surface area contributed by atoms with Crippen molar-refractivity contribution in [3.63, 3.8) is 0 Å². The van der Waals surface area contributed by atoms with E-state index in [2.05, 4.69) is 140 Å². The number of thioether (sulfide) groups is 1. The minimum atomic E-state index is 0.694. The van der Waals surface area contributed by atoms with Crippen molar-refractivity contribution in [3.8, 4) is 11.5 Å². The van der Waals surface area contributed by atoms with Crippen LogP contribution in [-0.4, -0.2) is 20.5 Å². The topological polar surface area (TPSA) is 18.5 Å². The SMILES string of the molecule is CCc1cccc(C)c1.COc1cc(C)cc(OC)c1.CSc1cccc(C)c1.Cc1cc(C)cc(C)c1.Cc1cc(Cl)cc(Cl)c1.Cc1ccc2c(c1)CCC2. The first kappa shape index (κ1) is 49.0. The lowest BCUT2D eigenvalue weighted by molar-refractivity contribution is 0.394. The molecule has 0 amide bonds. The molecule has 0 saturated carbocycles. The van der Waals surface area contributed by atoms with E-state index in [4.69, 9.17) is 32.7 Å². The summed E-state index contributed by atoms with van der Waals surface area (Å²) in [7, 11) is 3.29. The summed E-state index contributed by atoms with van der Waals surface area (Å²) >= 11 is 13.1. The van der Waals surface area contributed by atoms with Crippen LogP contribution in [0, 0.1) is 55.4 Å². The Morgan fingerprint density at radius 3 is 1.39 bits per heavy atom. The smallest absolute Gasteiger partial charge is 0.122 e. The molecule has 7 rings (SSSR count). The zero-order chi connectivity index (χ0) is 42.3. The van der Waals surface area contributed by atoms with Crippen molar-refractivity contribution in [2.75, 3.05) is 20.5 Å². The minimum Gasteiger partial charge on any atom is -0.497 e. The number of fused-ring (bicyclic) bond motifs is 1. The van der Waals surface area contributed by atoms with Crippen LogP contribution in [0.3, 0.4) is 0 Å². The Labute approximate surface area is 360 Å². The fraction of sp³-hybridized carbons (Fsp3) is 0.308. The normalized spacial score (nSPS) is 10.6. The summed E-state index contributed by atoms with van der Waals surface area (Å²) in [6.45, 7) is 18.9. The molecular weight excluding hydrogens is 760 g/mol. The van der Waals surface area contributed by atoms with Crippen LogP contribution in [0.25, 0.3) is 0 Å². The molecule has 0 bridgehead atoms. The summed E-state index contributed by atoms with van der Waals surface area (Å²) in [6, 6.07) is 41.7. The fourth-order valence-electron chi connectivity index (χ4n) is 6.22. The highest BCUT2D eigenvalue weighted by Crippen LogP contribution is 2.23. The molecule has 0 fully saturated rings. The van der Waals surface area contributed by atoms with E-state index in [1.807, 2.05) is 44.2 Å². The van der Waals surface area contributed by atoms with Crippen LogP contribution in [0.5, 0.6) is 11.5 Å². The maximum absolute atomic E-state index is 5.67. The number of aryl methyl sites for hydroxylation is 11. The van der Waals surface area contributed by atoms with E-state index in [1.54, 1.807) is 43.2 Å². The Morgan fingerprint density at radius 1 is 0.474 bits per heavy atom. The van der Waals surface area contributed by atoms with Crippen molar-refractivity contribution >= 4 is 35.0 Å². The lowest BCUT2D eigenvalue weighted by atomic mass is 10.1. The summed E-state index contributed by atoms with van der Waals surface area (Å²) in [5.74, 6) is 1.67. The molecule has 0 radical (unpaired) electrons. The van der Waals surface area contributed by atoms with Gasteiger partial charge in [-0.25, -0.2) is 0 Å². The van der Waals surface area contributed by atoms with E-state index in [9.17, 15) is 0 Å². The highest BCUT2D eigenvalue weighted by molar-refractivity contribution is 7.98. The molecule has 0 atom stereocenters. The molecule has 1 aliphatic rings. The molecule has 0 heterocycles. The zero-order valence-electron chi connectivity index (χ0n) is 36.4. The summed E-state index contributed by atoms with van der Waals surface area (Å²) < 4.78 is 10.1. The first-order chi connectivity index (χ1) is 27.1. The van der Waals surface area contributed by atoms with Crippen LogP contribution in [0.4, 0.5) is 0 Å². The average Bonchev–Trinajstić information content (AvgIpc) is 3.62. The monoisotopic (exact) mass is 822 g/mol. The van der Waals surface area contributed by atoms with Gasteiger partial charge in [0, 0.05) is 21.0 Å². The lowest BCUT2D eigenvalue weighted by Gasteiger charge is -2.04. The van der Waals surface area contributed by atoms with Crippen molar-refractivity contribution in [1.29, 1.82) is 0 Å². The summed E-state index contributed by atoms with van der Waals surface area (Å²) in [5, 5.41) is 1.39. The molecule has 0 saturated heterocycles. The molecule has 5 heteroatoms. The van der Waals surface area contributed by atoms with E-state index < -0.39 is 0 Å². The Bertz CT molecular complexity index is 1870. The highest BCUT2D eigenvalue weighted by atomic mass is 35.5. The molecule has 6 aromatic rings. The van der Waals surface area contributed by atoms with Gasteiger partial charge in [0.15, 0.2) is 0 Å². The van der Waals surface area contributed by atoms with Gasteiger partial charge in [0.2, 0.25) is 0 Å². The molecular formula is C52H64Cl2O2S. The van der Waals surface area contributed by atoms with Gasteiger partial charge < -0.3 is 9.47 Å². The van der Waals surface area contributed by atoms with Gasteiger partial charge in [-0.1, -0.05) is 136 Å². The van der Waals surface area contributed by atoms with Crippen LogP contribution < -0.4 is 9.47 Å². The first-order valence-electron chi connectivity index (χ1n) is 19.6. The number of benzene rings is 6. The molecule has 304 valence electrons. The number of hydrogen-bond donors (Lipinski definition) is 0. The van der Waals surface area contributed by atoms with Crippen LogP contribution >= 0.6 is 35.0 Å². The summed E-state index contributed by atoms with van der Waals surface area (Å²) in [4.78, 5) is 1.34. The third-order valence-corrected chi connectivity index (χ3v) is 10.0. The maximum Gasteiger partial charge on any atom is 0.122 e. The van der Waals surface area contributed by atoms with E-state index in [-0.39, 0.29) is 0 Å². The summed E-state index contributed by atoms with van der Waals surface area (Å²) in [5.41, 5.74) is 15.0. The van der Waals surface area contributed by atoms with Gasteiger partial charge in [-0.15, -0.1) is 11.8 Å². The van der Waals surface area contributed by atoms with Gasteiger partial charge in [0.05, 0.1) is 14.2 Å². The molecule has 0 unspecified atom stereocenters. The number of hydrogen-bond acceptors (Lipinski definition) is 3. The van der Waals surface area contributed by atoms with Gasteiger partial charge >= 0.3 is 0 Å². The van der Waals surface area contributed by atoms with Crippen LogP contribution in [-0.2, 0) is 19.3 Å². The van der Waals surface area contributed by atoms with Crippen molar-refractivity contribution < 1.29 is 9.47 Å². The summed E-state index contributed by atoms with van der Waals surface area (Å²) in [6.07, 6.45) is 7.20. The second-order valence-electron chi connectivity index (χ2n) is 14.5. The van der Waals surface area contributed by atoms with Gasteiger partial charge in [-0.3, -0.25) is 0 Å². The third kappa shape index (κ3) is 20.7. The predicted molar refractivity (Wildman–Crippen MR) is 253 cm³/mol. The van der Waals surface area contributed by atoms with Gasteiger partial charge in [0.1, 0.15) is 11.5 Å². The average molecular weight is 824 g/mol. The van der Waals surface area contributed by atoms with Crippen molar-refractivity contribution in [1.82, 2.24) is 0 Å². The fourth-order valence-corrected chi connectivity index (χ4v) is 7.37. The van der Waals surface area contributed by atoms with E-state index in [0.29, 0.717) is 10.0 Å². The molecule has 57 heavy (non-hydrogen) atoms. The number of ether oxygens (including phenoxy) is 2. The Balaban J connectivity index is 0.000000236. The van der Waals surface area contributed by atoms with Crippen molar-refractivity contribution in [3.05, 3.63) is 193 Å². The van der Waals surface area contributed by atoms with Crippen LogP contribution in [0.2, 0.25) is 10.0 Å².